The summed E-state index contributed by atoms with van der Waals surface area (Å²) in [7, 11) is -3.68. The molecule has 3 N–H and O–H groups in total. The molecule has 0 radical (unpaired) electrons. The molecule has 6 nitrogen and oxygen atoms in total. The molecule has 2 unspecified atom stereocenters. The molecule has 1 heterocycles. The Kier molecular flexibility index (Phi) is 6.23. The van der Waals surface area contributed by atoms with E-state index >= 15 is 0 Å². The van der Waals surface area contributed by atoms with Gasteiger partial charge in [-0.25, -0.2) is 18.5 Å². The van der Waals surface area contributed by atoms with Crippen LogP contribution in [0.4, 0.5) is 0 Å². The first-order valence-corrected chi connectivity index (χ1v) is 9.99. The molecule has 0 saturated carbocycles. The molecule has 1 aromatic carbocycles. The zero-order chi connectivity index (χ0) is 17.7. The van der Waals surface area contributed by atoms with Crippen LogP contribution in [0.2, 0.25) is 0 Å². The Hall–Kier alpha value is -1.60. The molecule has 0 bridgehead atoms. The van der Waals surface area contributed by atoms with Crippen molar-refractivity contribution < 1.29 is 8.42 Å². The average molecular weight is 353 g/mol. The van der Waals surface area contributed by atoms with Crippen molar-refractivity contribution in [2.75, 3.05) is 19.6 Å². The third-order valence-corrected chi connectivity index (χ3v) is 5.05. The maximum atomic E-state index is 11.5. The quantitative estimate of drug-likeness (QED) is 0.639. The fraction of sp³-hybridized carbons (Fsp3) is 0.588. The molecule has 7 heteroatoms. The minimum atomic E-state index is -3.68. The fourth-order valence-corrected chi connectivity index (χ4v) is 3.83. The molecule has 2 atom stereocenters. The van der Waals surface area contributed by atoms with E-state index in [2.05, 4.69) is 24.1 Å². The number of nitrogens with zero attached hydrogens (tertiary/aromatic N) is 2. The molecule has 2 rings (SSSR count). The molecule has 0 spiro atoms. The van der Waals surface area contributed by atoms with Gasteiger partial charge in [-0.2, -0.15) is 0 Å². The van der Waals surface area contributed by atoms with Crippen molar-refractivity contribution in [1.82, 2.24) is 10.2 Å². The van der Waals surface area contributed by atoms with Gasteiger partial charge in [-0.15, -0.1) is 0 Å². The van der Waals surface area contributed by atoms with E-state index in [0.29, 0.717) is 18.4 Å². The van der Waals surface area contributed by atoms with E-state index in [-0.39, 0.29) is 4.90 Å². The highest BCUT2D eigenvalue weighted by atomic mass is 32.2. The SMILES string of the molecule is CCNC(=NCc1cccc(S(N)(=O)=O)c1)N1CC(C)CC(C)C1. The maximum absolute atomic E-state index is 11.5. The second kappa shape index (κ2) is 7.98. The molecule has 0 aromatic heterocycles. The number of nitrogens with two attached hydrogens (primary N) is 1. The van der Waals surface area contributed by atoms with E-state index in [9.17, 15) is 8.42 Å². The molecule has 0 amide bonds. The Balaban J connectivity index is 2.16. The number of likely N-dealkylation sites (tertiary alicyclic amines) is 1. The summed E-state index contributed by atoms with van der Waals surface area (Å²) in [5, 5.41) is 8.53. The van der Waals surface area contributed by atoms with Gasteiger partial charge in [-0.1, -0.05) is 26.0 Å². The molecule has 1 aliphatic rings. The summed E-state index contributed by atoms with van der Waals surface area (Å²) in [6.45, 7) is 9.79. The number of benzene rings is 1. The maximum Gasteiger partial charge on any atom is 0.238 e. The second-order valence-corrected chi connectivity index (χ2v) is 8.28. The van der Waals surface area contributed by atoms with Gasteiger partial charge in [0.05, 0.1) is 11.4 Å². The molecule has 1 aromatic rings. The fourth-order valence-electron chi connectivity index (χ4n) is 3.25. The van der Waals surface area contributed by atoms with Gasteiger partial charge in [-0.3, -0.25) is 0 Å². The number of hydrogen-bond donors (Lipinski definition) is 2. The van der Waals surface area contributed by atoms with Crippen LogP contribution in [-0.4, -0.2) is 38.9 Å². The largest absolute Gasteiger partial charge is 0.357 e. The lowest BCUT2D eigenvalue weighted by molar-refractivity contribution is 0.208. The van der Waals surface area contributed by atoms with Gasteiger partial charge in [-0.05, 0) is 42.9 Å². The molecule has 1 fully saturated rings. The van der Waals surface area contributed by atoms with Gasteiger partial charge in [0.15, 0.2) is 5.96 Å². The first-order valence-electron chi connectivity index (χ1n) is 8.44. The van der Waals surface area contributed by atoms with Crippen LogP contribution in [0.5, 0.6) is 0 Å². The Morgan fingerprint density at radius 2 is 2.00 bits per heavy atom. The summed E-state index contributed by atoms with van der Waals surface area (Å²) in [5.41, 5.74) is 0.829. The van der Waals surface area contributed by atoms with Crippen molar-refractivity contribution in [1.29, 1.82) is 0 Å². The van der Waals surface area contributed by atoms with Crippen LogP contribution >= 0.6 is 0 Å². The predicted octanol–water partition coefficient (Wildman–Crippen LogP) is 1.78. The van der Waals surface area contributed by atoms with Crippen molar-refractivity contribution in [3.63, 3.8) is 0 Å². The van der Waals surface area contributed by atoms with Gasteiger partial charge < -0.3 is 10.2 Å². The van der Waals surface area contributed by atoms with E-state index in [4.69, 9.17) is 10.1 Å². The number of nitrogens with one attached hydrogen (secondary N) is 1. The van der Waals surface area contributed by atoms with Gasteiger partial charge in [0.2, 0.25) is 10.0 Å². The Morgan fingerprint density at radius 1 is 1.33 bits per heavy atom. The molecule has 24 heavy (non-hydrogen) atoms. The van der Waals surface area contributed by atoms with E-state index in [0.717, 1.165) is 31.2 Å². The number of piperidine rings is 1. The Labute approximate surface area is 145 Å². The van der Waals surface area contributed by atoms with Crippen LogP contribution in [-0.2, 0) is 16.6 Å². The third-order valence-electron chi connectivity index (χ3n) is 4.14. The third kappa shape index (κ3) is 5.21. The minimum Gasteiger partial charge on any atom is -0.357 e. The molecule has 1 saturated heterocycles. The smallest absolute Gasteiger partial charge is 0.238 e. The van der Waals surface area contributed by atoms with Gasteiger partial charge in [0.25, 0.3) is 0 Å². The number of sulfonamides is 1. The summed E-state index contributed by atoms with van der Waals surface area (Å²) in [6, 6.07) is 6.65. The second-order valence-electron chi connectivity index (χ2n) is 6.71. The van der Waals surface area contributed by atoms with Crippen molar-refractivity contribution in [3.8, 4) is 0 Å². The van der Waals surface area contributed by atoms with Crippen molar-refractivity contribution in [2.45, 2.75) is 38.6 Å². The first-order chi connectivity index (χ1) is 11.3. The number of primary sulfonamides is 1. The summed E-state index contributed by atoms with van der Waals surface area (Å²) < 4.78 is 22.9. The zero-order valence-corrected chi connectivity index (χ0v) is 15.5. The van der Waals surface area contributed by atoms with Crippen molar-refractivity contribution >= 4 is 16.0 Å². The molecular weight excluding hydrogens is 324 g/mol. The van der Waals surface area contributed by atoms with E-state index in [1.165, 1.54) is 12.5 Å². The normalized spacial score (nSPS) is 22.5. The van der Waals surface area contributed by atoms with Crippen LogP contribution in [0.25, 0.3) is 0 Å². The van der Waals surface area contributed by atoms with Crippen LogP contribution in [0.3, 0.4) is 0 Å². The Bertz CT molecular complexity index is 678. The standard InChI is InChI=1S/C17H28N4O2S/c1-4-19-17(21-11-13(2)8-14(3)12-21)20-10-15-6-5-7-16(9-15)24(18,22)23/h5-7,9,13-14H,4,8,10-12H2,1-3H3,(H,19,20)(H2,18,22,23). The van der Waals surface area contributed by atoms with Crippen LogP contribution in [0.15, 0.2) is 34.2 Å². The highest BCUT2D eigenvalue weighted by molar-refractivity contribution is 7.89. The molecule has 134 valence electrons. The predicted molar refractivity (Wildman–Crippen MR) is 97.1 cm³/mol. The van der Waals surface area contributed by atoms with Crippen molar-refractivity contribution in [2.24, 2.45) is 22.0 Å². The summed E-state index contributed by atoms with van der Waals surface area (Å²) in [4.78, 5) is 7.12. The summed E-state index contributed by atoms with van der Waals surface area (Å²) >= 11 is 0. The topological polar surface area (TPSA) is 87.8 Å². The van der Waals surface area contributed by atoms with Gasteiger partial charge >= 0.3 is 0 Å². The van der Waals surface area contributed by atoms with Crippen molar-refractivity contribution in [3.05, 3.63) is 29.8 Å². The number of rotatable bonds is 4. The molecule has 0 aliphatic carbocycles. The lowest BCUT2D eigenvalue weighted by atomic mass is 9.92. The van der Waals surface area contributed by atoms with Gasteiger partial charge in [0.1, 0.15) is 0 Å². The Morgan fingerprint density at radius 3 is 2.58 bits per heavy atom. The van der Waals surface area contributed by atoms with E-state index in [1.54, 1.807) is 12.1 Å². The summed E-state index contributed by atoms with van der Waals surface area (Å²) in [6.07, 6.45) is 1.24. The van der Waals surface area contributed by atoms with Crippen LogP contribution in [0, 0.1) is 11.8 Å². The first kappa shape index (κ1) is 18.7. The summed E-state index contributed by atoms with van der Waals surface area (Å²) in [5.74, 6) is 2.17. The monoisotopic (exact) mass is 352 g/mol. The average Bonchev–Trinajstić information content (AvgIpc) is 2.50. The number of hydrogen-bond acceptors (Lipinski definition) is 3. The van der Waals surface area contributed by atoms with E-state index in [1.807, 2.05) is 13.0 Å². The van der Waals surface area contributed by atoms with E-state index < -0.39 is 10.0 Å². The molecular formula is C17H28N4O2S. The lowest BCUT2D eigenvalue weighted by Gasteiger charge is -2.37. The van der Waals surface area contributed by atoms with Crippen LogP contribution < -0.4 is 10.5 Å². The zero-order valence-electron chi connectivity index (χ0n) is 14.7. The van der Waals surface area contributed by atoms with Gasteiger partial charge in [0, 0.05) is 19.6 Å². The lowest BCUT2D eigenvalue weighted by Crippen LogP contribution is -2.48. The number of guanidine groups is 1. The highest BCUT2D eigenvalue weighted by Gasteiger charge is 2.23. The molecule has 1 aliphatic heterocycles. The highest BCUT2D eigenvalue weighted by Crippen LogP contribution is 2.21. The van der Waals surface area contributed by atoms with Crippen LogP contribution in [0.1, 0.15) is 32.8 Å². The number of aliphatic imine (C=N–C) groups is 1. The minimum absolute atomic E-state index is 0.125.